The number of anilines is 1. The van der Waals surface area contributed by atoms with E-state index in [0.29, 0.717) is 22.2 Å². The van der Waals surface area contributed by atoms with E-state index in [-0.39, 0.29) is 18.3 Å². The van der Waals surface area contributed by atoms with Crippen LogP contribution >= 0.6 is 11.8 Å². The summed E-state index contributed by atoms with van der Waals surface area (Å²) in [5.74, 6) is 0.735. The Morgan fingerprint density at radius 1 is 1.06 bits per heavy atom. The number of pyridine rings is 1. The molecule has 2 aromatic carbocycles. The predicted octanol–water partition coefficient (Wildman–Crippen LogP) is 4.25. The summed E-state index contributed by atoms with van der Waals surface area (Å²) in [6.07, 6.45) is 3.40. The first kappa shape index (κ1) is 24.0. The molecule has 0 saturated heterocycles. The lowest BCUT2D eigenvalue weighted by Gasteiger charge is -2.11. The van der Waals surface area contributed by atoms with Gasteiger partial charge in [0.25, 0.3) is 0 Å². The second-order valence-electron chi connectivity index (χ2n) is 7.22. The summed E-state index contributed by atoms with van der Waals surface area (Å²) in [4.78, 5) is 28.8. The summed E-state index contributed by atoms with van der Waals surface area (Å²) in [6.45, 7) is 2.02. The average molecular weight is 490 g/mol. The molecule has 1 amide bonds. The number of esters is 1. The van der Waals surface area contributed by atoms with Crippen LogP contribution < -0.4 is 10.1 Å². The Kier molecular flexibility index (Phi) is 7.74. The number of carbonyl (C=O) groups is 2. The van der Waals surface area contributed by atoms with Crippen LogP contribution in [0.5, 0.6) is 5.75 Å². The summed E-state index contributed by atoms with van der Waals surface area (Å²) >= 11 is 1.25. The van der Waals surface area contributed by atoms with Crippen molar-refractivity contribution in [3.8, 4) is 22.8 Å². The number of nitrogens with zero attached hydrogens (tertiary/aromatic N) is 4. The summed E-state index contributed by atoms with van der Waals surface area (Å²) < 4.78 is 12.2. The number of amides is 1. The molecule has 1 N–H and O–H groups in total. The van der Waals surface area contributed by atoms with Crippen molar-refractivity contribution < 1.29 is 19.1 Å². The Morgan fingerprint density at radius 2 is 1.89 bits per heavy atom. The Labute approximate surface area is 206 Å². The van der Waals surface area contributed by atoms with Gasteiger partial charge in [-0.1, -0.05) is 17.8 Å². The molecule has 35 heavy (non-hydrogen) atoms. The SMILES string of the molecule is CCOC(=O)c1cccc(NC(=O)CSc2nnc(-c3cccnc3)n2-c2ccc(OC)cc2)c1. The van der Waals surface area contributed by atoms with Gasteiger partial charge >= 0.3 is 5.97 Å². The standard InChI is InChI=1S/C25H23N5O4S/c1-3-34-24(32)17-6-4-8-19(14-17)27-22(31)16-35-25-29-28-23(18-7-5-13-26-15-18)30(25)20-9-11-21(33-2)12-10-20/h4-15H,3,16H2,1-2H3,(H,27,31). The lowest BCUT2D eigenvalue weighted by Crippen LogP contribution is -2.15. The van der Waals surface area contributed by atoms with E-state index in [1.54, 1.807) is 50.7 Å². The third kappa shape index (κ3) is 5.85. The molecular formula is C25H23N5O4S. The van der Waals surface area contributed by atoms with Crippen LogP contribution in [-0.2, 0) is 9.53 Å². The summed E-state index contributed by atoms with van der Waals surface area (Å²) in [5.41, 5.74) is 2.49. The average Bonchev–Trinajstić information content (AvgIpc) is 3.32. The molecule has 0 bridgehead atoms. The lowest BCUT2D eigenvalue weighted by molar-refractivity contribution is -0.113. The third-order valence-electron chi connectivity index (χ3n) is 4.87. The van der Waals surface area contributed by atoms with Crippen LogP contribution in [0.25, 0.3) is 17.1 Å². The predicted molar refractivity (Wildman–Crippen MR) is 133 cm³/mol. The molecule has 0 spiro atoms. The van der Waals surface area contributed by atoms with Crippen LogP contribution in [0.2, 0.25) is 0 Å². The van der Waals surface area contributed by atoms with Gasteiger partial charge in [0.05, 0.1) is 25.0 Å². The summed E-state index contributed by atoms with van der Waals surface area (Å²) in [5, 5.41) is 12.0. The largest absolute Gasteiger partial charge is 0.497 e. The molecule has 0 aliphatic rings. The maximum atomic E-state index is 12.7. The van der Waals surface area contributed by atoms with Crippen LogP contribution in [0.1, 0.15) is 17.3 Å². The number of ether oxygens (including phenoxy) is 2. The Morgan fingerprint density at radius 3 is 2.60 bits per heavy atom. The van der Waals surface area contributed by atoms with E-state index >= 15 is 0 Å². The van der Waals surface area contributed by atoms with Crippen molar-refractivity contribution in [3.63, 3.8) is 0 Å². The number of aromatic nitrogens is 4. The van der Waals surface area contributed by atoms with E-state index in [9.17, 15) is 9.59 Å². The number of hydrogen-bond acceptors (Lipinski definition) is 8. The normalized spacial score (nSPS) is 10.6. The smallest absolute Gasteiger partial charge is 0.338 e. The third-order valence-corrected chi connectivity index (χ3v) is 5.80. The summed E-state index contributed by atoms with van der Waals surface area (Å²) in [7, 11) is 1.61. The second kappa shape index (κ2) is 11.3. The Hall–Kier alpha value is -4.18. The molecule has 9 nitrogen and oxygen atoms in total. The first-order valence-electron chi connectivity index (χ1n) is 10.8. The minimum Gasteiger partial charge on any atom is -0.497 e. The zero-order chi connectivity index (χ0) is 24.6. The highest BCUT2D eigenvalue weighted by atomic mass is 32.2. The van der Waals surface area contributed by atoms with Crippen LogP contribution in [0.4, 0.5) is 5.69 Å². The van der Waals surface area contributed by atoms with Crippen LogP contribution in [0, 0.1) is 0 Å². The van der Waals surface area contributed by atoms with Gasteiger partial charge in [0.15, 0.2) is 11.0 Å². The highest BCUT2D eigenvalue weighted by Crippen LogP contribution is 2.28. The zero-order valence-electron chi connectivity index (χ0n) is 19.2. The van der Waals surface area contributed by atoms with E-state index in [0.717, 1.165) is 17.0 Å². The fourth-order valence-electron chi connectivity index (χ4n) is 3.27. The van der Waals surface area contributed by atoms with Gasteiger partial charge in [0.1, 0.15) is 5.75 Å². The minimum absolute atomic E-state index is 0.0883. The molecule has 0 aliphatic carbocycles. The van der Waals surface area contributed by atoms with Gasteiger partial charge in [-0.3, -0.25) is 14.3 Å². The highest BCUT2D eigenvalue weighted by molar-refractivity contribution is 7.99. The van der Waals surface area contributed by atoms with Crippen molar-refractivity contribution in [3.05, 3.63) is 78.6 Å². The molecule has 4 aromatic rings. The molecule has 2 heterocycles. The first-order chi connectivity index (χ1) is 17.1. The fourth-order valence-corrected chi connectivity index (χ4v) is 4.03. The number of carbonyl (C=O) groups excluding carboxylic acids is 2. The van der Waals surface area contributed by atoms with E-state index in [2.05, 4.69) is 20.5 Å². The van der Waals surface area contributed by atoms with Crippen LogP contribution in [-0.4, -0.2) is 51.1 Å². The molecule has 0 unspecified atom stereocenters. The molecule has 178 valence electrons. The maximum absolute atomic E-state index is 12.7. The van der Waals surface area contributed by atoms with E-state index in [4.69, 9.17) is 9.47 Å². The number of methoxy groups -OCH3 is 1. The molecule has 0 radical (unpaired) electrons. The zero-order valence-corrected chi connectivity index (χ0v) is 20.0. The molecule has 2 aromatic heterocycles. The van der Waals surface area contributed by atoms with Crippen molar-refractivity contribution in [1.82, 2.24) is 19.7 Å². The maximum Gasteiger partial charge on any atom is 0.338 e. The number of thioether (sulfide) groups is 1. The van der Waals surface area contributed by atoms with Crippen molar-refractivity contribution in [2.75, 3.05) is 24.8 Å². The van der Waals surface area contributed by atoms with Crippen molar-refractivity contribution in [2.24, 2.45) is 0 Å². The molecule has 0 atom stereocenters. The van der Waals surface area contributed by atoms with Gasteiger partial charge in [-0.15, -0.1) is 10.2 Å². The van der Waals surface area contributed by atoms with E-state index in [1.807, 2.05) is 41.0 Å². The van der Waals surface area contributed by atoms with Gasteiger partial charge in [-0.05, 0) is 61.5 Å². The van der Waals surface area contributed by atoms with E-state index < -0.39 is 5.97 Å². The van der Waals surface area contributed by atoms with Crippen LogP contribution in [0.15, 0.2) is 78.2 Å². The molecule has 0 saturated carbocycles. The van der Waals surface area contributed by atoms with Gasteiger partial charge in [0, 0.05) is 29.3 Å². The molecular weight excluding hydrogens is 466 g/mol. The van der Waals surface area contributed by atoms with Crippen molar-refractivity contribution in [2.45, 2.75) is 12.1 Å². The molecule has 0 aliphatic heterocycles. The monoisotopic (exact) mass is 489 g/mol. The lowest BCUT2D eigenvalue weighted by atomic mass is 10.2. The van der Waals surface area contributed by atoms with Gasteiger partial charge in [-0.25, -0.2) is 4.79 Å². The van der Waals surface area contributed by atoms with E-state index in [1.165, 1.54) is 11.8 Å². The quantitative estimate of drug-likeness (QED) is 0.275. The number of benzene rings is 2. The topological polar surface area (TPSA) is 108 Å². The fraction of sp³-hybridized carbons (Fsp3) is 0.160. The molecule has 10 heteroatoms. The number of hydrogen-bond donors (Lipinski definition) is 1. The van der Waals surface area contributed by atoms with Crippen LogP contribution in [0.3, 0.4) is 0 Å². The van der Waals surface area contributed by atoms with Gasteiger partial charge in [0.2, 0.25) is 5.91 Å². The second-order valence-corrected chi connectivity index (χ2v) is 8.16. The number of rotatable bonds is 9. The minimum atomic E-state index is -0.437. The first-order valence-corrected chi connectivity index (χ1v) is 11.8. The Balaban J connectivity index is 1.53. The molecule has 4 rings (SSSR count). The van der Waals surface area contributed by atoms with Gasteiger partial charge < -0.3 is 14.8 Å². The highest BCUT2D eigenvalue weighted by Gasteiger charge is 2.18. The van der Waals surface area contributed by atoms with Crippen molar-refractivity contribution in [1.29, 1.82) is 0 Å². The summed E-state index contributed by atoms with van der Waals surface area (Å²) in [6, 6.07) is 17.8. The Bertz CT molecular complexity index is 1310. The van der Waals surface area contributed by atoms with Gasteiger partial charge in [-0.2, -0.15) is 0 Å². The molecule has 0 fully saturated rings. The van der Waals surface area contributed by atoms with Crippen molar-refractivity contribution >= 4 is 29.3 Å². The number of nitrogens with one attached hydrogen (secondary N) is 1.